The molecule has 5 nitrogen and oxygen atoms in total. The van der Waals surface area contributed by atoms with Crippen molar-refractivity contribution in [2.45, 2.75) is 0 Å². The van der Waals surface area contributed by atoms with E-state index in [9.17, 15) is 4.79 Å². The van der Waals surface area contributed by atoms with Gasteiger partial charge >= 0.3 is 0 Å². The lowest BCUT2D eigenvalue weighted by Gasteiger charge is -2.20. The second-order valence-corrected chi connectivity index (χ2v) is 3.05. The van der Waals surface area contributed by atoms with Crippen molar-refractivity contribution in [1.29, 1.82) is 0 Å². The molecule has 15 heavy (non-hydrogen) atoms. The normalized spacial score (nSPS) is 10.3. The molecular weight excluding hydrogens is 196 g/mol. The van der Waals surface area contributed by atoms with Gasteiger partial charge < -0.3 is 19.8 Å². The number of nitrogens with zero attached hydrogens (tertiary/aromatic N) is 1. The third kappa shape index (κ3) is 3.38. The topological polar surface area (TPSA) is 68.7 Å². The molecule has 0 aliphatic heterocycles. The average Bonchev–Trinajstić information content (AvgIpc) is 2.76. The van der Waals surface area contributed by atoms with Crippen LogP contribution in [0.2, 0.25) is 0 Å². The summed E-state index contributed by atoms with van der Waals surface area (Å²) in [5.41, 5.74) is 5.43. The number of hydrogen-bond donors (Lipinski definition) is 1. The molecule has 1 rings (SSSR count). The first kappa shape index (κ1) is 11.7. The van der Waals surface area contributed by atoms with Crippen LogP contribution in [0.1, 0.15) is 10.6 Å². The van der Waals surface area contributed by atoms with E-state index in [1.54, 1.807) is 24.1 Å². The number of rotatable bonds is 6. The van der Waals surface area contributed by atoms with Crippen LogP contribution in [0.3, 0.4) is 0 Å². The average molecular weight is 212 g/mol. The van der Waals surface area contributed by atoms with Crippen molar-refractivity contribution >= 4 is 5.91 Å². The van der Waals surface area contributed by atoms with Gasteiger partial charge in [0.2, 0.25) is 0 Å². The van der Waals surface area contributed by atoms with Crippen LogP contribution in [0.15, 0.2) is 22.8 Å². The summed E-state index contributed by atoms with van der Waals surface area (Å²) in [5.74, 6) is 0.182. The molecule has 0 saturated heterocycles. The molecule has 1 aromatic rings. The first-order chi connectivity index (χ1) is 7.29. The van der Waals surface area contributed by atoms with Gasteiger partial charge in [-0.1, -0.05) is 0 Å². The molecule has 0 atom stereocenters. The van der Waals surface area contributed by atoms with Crippen molar-refractivity contribution < 1.29 is 13.9 Å². The smallest absolute Gasteiger partial charge is 0.289 e. The van der Waals surface area contributed by atoms with E-state index in [2.05, 4.69) is 0 Å². The van der Waals surface area contributed by atoms with Gasteiger partial charge in [0.15, 0.2) is 5.76 Å². The highest BCUT2D eigenvalue weighted by Gasteiger charge is 2.16. The standard InChI is InChI=1S/C10H16N2O3/c1-14-8-6-12(5-4-11)10(13)9-3-2-7-15-9/h2-3,7H,4-6,8,11H2,1H3. The van der Waals surface area contributed by atoms with E-state index in [1.807, 2.05) is 0 Å². The Morgan fingerprint density at radius 1 is 1.60 bits per heavy atom. The molecule has 1 amide bonds. The number of ether oxygens (including phenoxy) is 1. The van der Waals surface area contributed by atoms with Gasteiger partial charge in [-0.2, -0.15) is 0 Å². The van der Waals surface area contributed by atoms with Gasteiger partial charge in [-0.05, 0) is 12.1 Å². The molecule has 0 unspecified atom stereocenters. The van der Waals surface area contributed by atoms with Gasteiger partial charge in [0, 0.05) is 26.7 Å². The molecule has 0 radical (unpaired) electrons. The summed E-state index contributed by atoms with van der Waals surface area (Å²) >= 11 is 0. The molecule has 5 heteroatoms. The fourth-order valence-electron chi connectivity index (χ4n) is 1.23. The molecule has 0 spiro atoms. The first-order valence-corrected chi connectivity index (χ1v) is 4.81. The lowest BCUT2D eigenvalue weighted by Crippen LogP contribution is -2.37. The zero-order chi connectivity index (χ0) is 11.1. The minimum Gasteiger partial charge on any atom is -0.459 e. The van der Waals surface area contributed by atoms with Crippen LogP contribution >= 0.6 is 0 Å². The van der Waals surface area contributed by atoms with E-state index >= 15 is 0 Å². The Hall–Kier alpha value is -1.33. The summed E-state index contributed by atoms with van der Waals surface area (Å²) < 4.78 is 9.95. The largest absolute Gasteiger partial charge is 0.459 e. The summed E-state index contributed by atoms with van der Waals surface area (Å²) in [6.07, 6.45) is 1.48. The molecule has 0 bridgehead atoms. The summed E-state index contributed by atoms with van der Waals surface area (Å²) in [6, 6.07) is 3.32. The quantitative estimate of drug-likeness (QED) is 0.737. The Labute approximate surface area is 88.8 Å². The number of methoxy groups -OCH3 is 1. The predicted octanol–water partition coefficient (Wildman–Crippen LogP) is 0.327. The van der Waals surface area contributed by atoms with Gasteiger partial charge in [-0.3, -0.25) is 4.79 Å². The van der Waals surface area contributed by atoms with Gasteiger partial charge in [0.05, 0.1) is 12.9 Å². The summed E-state index contributed by atoms with van der Waals surface area (Å²) in [7, 11) is 1.60. The molecule has 84 valence electrons. The van der Waals surface area contributed by atoms with Crippen molar-refractivity contribution in [3.05, 3.63) is 24.2 Å². The Morgan fingerprint density at radius 2 is 2.40 bits per heavy atom. The van der Waals surface area contributed by atoms with Gasteiger partial charge in [0.1, 0.15) is 0 Å². The van der Waals surface area contributed by atoms with Crippen molar-refractivity contribution in [2.75, 3.05) is 33.4 Å². The Kier molecular flexibility index (Phi) is 4.86. The van der Waals surface area contributed by atoms with Crippen LogP contribution in [0, 0.1) is 0 Å². The fourth-order valence-corrected chi connectivity index (χ4v) is 1.23. The lowest BCUT2D eigenvalue weighted by molar-refractivity contribution is 0.0670. The van der Waals surface area contributed by atoms with E-state index in [0.717, 1.165) is 0 Å². The van der Waals surface area contributed by atoms with Gasteiger partial charge in [0.25, 0.3) is 5.91 Å². The fraction of sp³-hybridized carbons (Fsp3) is 0.500. The number of carbonyl (C=O) groups is 1. The first-order valence-electron chi connectivity index (χ1n) is 4.81. The van der Waals surface area contributed by atoms with E-state index in [4.69, 9.17) is 14.9 Å². The molecule has 0 saturated carbocycles. The van der Waals surface area contributed by atoms with Crippen LogP contribution in [-0.4, -0.2) is 44.2 Å². The third-order valence-electron chi connectivity index (χ3n) is 1.98. The minimum absolute atomic E-state index is 0.150. The second kappa shape index (κ2) is 6.21. The van der Waals surface area contributed by atoms with Crippen molar-refractivity contribution in [1.82, 2.24) is 4.90 Å². The van der Waals surface area contributed by atoms with Crippen LogP contribution < -0.4 is 5.73 Å². The van der Waals surface area contributed by atoms with Crippen LogP contribution in [0.5, 0.6) is 0 Å². The summed E-state index contributed by atoms with van der Waals surface area (Å²) in [4.78, 5) is 13.4. The summed E-state index contributed by atoms with van der Waals surface area (Å²) in [6.45, 7) is 1.94. The number of nitrogens with two attached hydrogens (primary N) is 1. The molecule has 0 fully saturated rings. The number of carbonyl (C=O) groups excluding carboxylic acids is 1. The van der Waals surface area contributed by atoms with Crippen molar-refractivity contribution in [2.24, 2.45) is 5.73 Å². The zero-order valence-corrected chi connectivity index (χ0v) is 8.81. The molecule has 0 aliphatic carbocycles. The van der Waals surface area contributed by atoms with Crippen molar-refractivity contribution in [3.63, 3.8) is 0 Å². The Morgan fingerprint density at radius 3 is 2.93 bits per heavy atom. The maximum atomic E-state index is 11.8. The van der Waals surface area contributed by atoms with E-state index < -0.39 is 0 Å². The van der Waals surface area contributed by atoms with E-state index in [1.165, 1.54) is 6.26 Å². The van der Waals surface area contributed by atoms with Gasteiger partial charge in [-0.25, -0.2) is 0 Å². The monoisotopic (exact) mass is 212 g/mol. The second-order valence-electron chi connectivity index (χ2n) is 3.05. The predicted molar refractivity (Wildman–Crippen MR) is 55.5 cm³/mol. The molecule has 0 aliphatic rings. The molecular formula is C10H16N2O3. The van der Waals surface area contributed by atoms with E-state index in [0.29, 0.717) is 32.0 Å². The number of hydrogen-bond acceptors (Lipinski definition) is 4. The van der Waals surface area contributed by atoms with Crippen LogP contribution in [0.25, 0.3) is 0 Å². The Balaban J connectivity index is 2.58. The molecule has 1 aromatic heterocycles. The third-order valence-corrected chi connectivity index (χ3v) is 1.98. The highest BCUT2D eigenvalue weighted by Crippen LogP contribution is 2.05. The number of furan rings is 1. The van der Waals surface area contributed by atoms with Gasteiger partial charge in [-0.15, -0.1) is 0 Å². The highest BCUT2D eigenvalue weighted by molar-refractivity contribution is 5.91. The van der Waals surface area contributed by atoms with Crippen LogP contribution in [0.4, 0.5) is 0 Å². The molecule has 0 aromatic carbocycles. The SMILES string of the molecule is COCCN(CCN)C(=O)c1ccco1. The Bertz CT molecular complexity index is 285. The maximum Gasteiger partial charge on any atom is 0.289 e. The molecule has 1 heterocycles. The molecule has 2 N–H and O–H groups in total. The van der Waals surface area contributed by atoms with Crippen LogP contribution in [-0.2, 0) is 4.74 Å². The minimum atomic E-state index is -0.150. The highest BCUT2D eigenvalue weighted by atomic mass is 16.5. The number of amides is 1. The summed E-state index contributed by atoms with van der Waals surface area (Å²) in [5, 5.41) is 0. The zero-order valence-electron chi connectivity index (χ0n) is 8.81. The lowest BCUT2D eigenvalue weighted by atomic mass is 10.3. The maximum absolute atomic E-state index is 11.8. The van der Waals surface area contributed by atoms with E-state index in [-0.39, 0.29) is 5.91 Å². The van der Waals surface area contributed by atoms with Crippen molar-refractivity contribution in [3.8, 4) is 0 Å².